The molecule has 0 unspecified atom stereocenters. The highest BCUT2D eigenvalue weighted by atomic mass is 16.4. The summed E-state index contributed by atoms with van der Waals surface area (Å²) >= 11 is 0. The van der Waals surface area contributed by atoms with Gasteiger partial charge in [0, 0.05) is 17.6 Å². The number of nitrogens with one attached hydrogen (secondary N) is 1. The van der Waals surface area contributed by atoms with Crippen molar-refractivity contribution in [1.29, 1.82) is 0 Å². The molecule has 1 saturated carbocycles. The van der Waals surface area contributed by atoms with E-state index in [9.17, 15) is 14.7 Å². The molecule has 1 aliphatic carbocycles. The molecule has 0 aliphatic heterocycles. The first-order chi connectivity index (χ1) is 9.73. The molecule has 0 aromatic heterocycles. The normalized spacial score (nSPS) is 16.3. The summed E-state index contributed by atoms with van der Waals surface area (Å²) in [6, 6.07) is 7.07. The van der Waals surface area contributed by atoms with Crippen LogP contribution in [0.15, 0.2) is 24.3 Å². The first-order valence-electron chi connectivity index (χ1n) is 7.16. The highest BCUT2D eigenvalue weighted by molar-refractivity contribution is 5.91. The number of anilines is 1. The molecule has 4 N–H and O–H groups in total. The van der Waals surface area contributed by atoms with Crippen LogP contribution in [0.1, 0.15) is 45.1 Å². The summed E-state index contributed by atoms with van der Waals surface area (Å²) in [5.74, 6) is -0.856. The lowest BCUT2D eigenvalue weighted by Gasteiger charge is -2.17. The van der Waals surface area contributed by atoms with E-state index < -0.39 is 11.4 Å². The molecule has 0 heterocycles. The molecule has 1 amide bonds. The van der Waals surface area contributed by atoms with Gasteiger partial charge in [0.25, 0.3) is 0 Å². The van der Waals surface area contributed by atoms with E-state index in [0.29, 0.717) is 31.4 Å². The minimum Gasteiger partial charge on any atom is -0.481 e. The maximum Gasteiger partial charge on any atom is 0.314 e. The Balaban J connectivity index is 1.94. The van der Waals surface area contributed by atoms with Gasteiger partial charge in [-0.2, -0.15) is 0 Å². The molecule has 0 spiro atoms. The van der Waals surface area contributed by atoms with Crippen molar-refractivity contribution < 1.29 is 14.7 Å². The van der Waals surface area contributed by atoms with Crippen LogP contribution in [-0.2, 0) is 15.0 Å². The molecule has 0 bridgehead atoms. The second-order valence-corrected chi connectivity index (χ2v) is 6.50. The van der Waals surface area contributed by atoms with Gasteiger partial charge in [-0.15, -0.1) is 0 Å². The third kappa shape index (κ3) is 3.82. The molecule has 1 aromatic rings. The lowest BCUT2D eigenvalue weighted by atomic mass is 9.96. The standard InChI is InChI=1S/C16H22N2O3/c1-15(2,17)8-7-13(19)18-12-5-3-11(4-6-12)16(9-10-16)14(20)21/h3-6H,7-10,17H2,1-2H3,(H,18,19)(H,20,21). The Labute approximate surface area is 124 Å². The first kappa shape index (κ1) is 15.5. The van der Waals surface area contributed by atoms with E-state index in [4.69, 9.17) is 5.73 Å². The van der Waals surface area contributed by atoms with Crippen LogP contribution in [-0.4, -0.2) is 22.5 Å². The van der Waals surface area contributed by atoms with Gasteiger partial charge < -0.3 is 16.2 Å². The summed E-state index contributed by atoms with van der Waals surface area (Å²) < 4.78 is 0. The topological polar surface area (TPSA) is 92.4 Å². The van der Waals surface area contributed by atoms with Gasteiger partial charge in [0.2, 0.25) is 5.91 Å². The maximum atomic E-state index is 11.8. The molecule has 2 rings (SSSR count). The molecule has 5 nitrogen and oxygen atoms in total. The third-order valence-electron chi connectivity index (χ3n) is 3.88. The summed E-state index contributed by atoms with van der Waals surface area (Å²) in [6.45, 7) is 3.77. The van der Waals surface area contributed by atoms with Gasteiger partial charge in [0.05, 0.1) is 5.41 Å². The third-order valence-corrected chi connectivity index (χ3v) is 3.88. The lowest BCUT2D eigenvalue weighted by molar-refractivity contribution is -0.140. The van der Waals surface area contributed by atoms with Crippen molar-refractivity contribution in [3.63, 3.8) is 0 Å². The van der Waals surface area contributed by atoms with Gasteiger partial charge in [-0.25, -0.2) is 0 Å². The lowest BCUT2D eigenvalue weighted by Crippen LogP contribution is -2.33. The number of hydrogen-bond acceptors (Lipinski definition) is 3. The fraction of sp³-hybridized carbons (Fsp3) is 0.500. The van der Waals surface area contributed by atoms with Crippen molar-refractivity contribution >= 4 is 17.6 Å². The van der Waals surface area contributed by atoms with Crippen molar-refractivity contribution in [2.75, 3.05) is 5.32 Å². The Bertz CT molecular complexity index is 540. The highest BCUT2D eigenvalue weighted by Gasteiger charge is 2.51. The molecule has 1 fully saturated rings. The quantitative estimate of drug-likeness (QED) is 0.749. The number of aliphatic carboxylic acids is 1. The fourth-order valence-corrected chi connectivity index (χ4v) is 2.28. The first-order valence-corrected chi connectivity index (χ1v) is 7.16. The molecule has 114 valence electrons. The van der Waals surface area contributed by atoms with Crippen LogP contribution in [0, 0.1) is 0 Å². The number of hydrogen-bond donors (Lipinski definition) is 3. The monoisotopic (exact) mass is 290 g/mol. The number of rotatable bonds is 6. The number of amides is 1. The van der Waals surface area contributed by atoms with Crippen molar-refractivity contribution in [1.82, 2.24) is 0 Å². The molecule has 0 atom stereocenters. The number of benzene rings is 1. The van der Waals surface area contributed by atoms with E-state index in [1.165, 1.54) is 0 Å². The van der Waals surface area contributed by atoms with Crippen LogP contribution in [0.25, 0.3) is 0 Å². The zero-order chi connectivity index (χ0) is 15.7. The van der Waals surface area contributed by atoms with Crippen LogP contribution in [0.5, 0.6) is 0 Å². The smallest absolute Gasteiger partial charge is 0.314 e. The van der Waals surface area contributed by atoms with E-state index in [0.717, 1.165) is 5.56 Å². The van der Waals surface area contributed by atoms with Gasteiger partial charge in [-0.05, 0) is 50.8 Å². The van der Waals surface area contributed by atoms with Crippen LogP contribution < -0.4 is 11.1 Å². The second kappa shape index (κ2) is 5.48. The largest absolute Gasteiger partial charge is 0.481 e. The van der Waals surface area contributed by atoms with Gasteiger partial charge in [0.15, 0.2) is 0 Å². The van der Waals surface area contributed by atoms with Crippen molar-refractivity contribution in [3.05, 3.63) is 29.8 Å². The minimum atomic E-state index is -0.774. The molecule has 5 heteroatoms. The van der Waals surface area contributed by atoms with Crippen LogP contribution in [0.4, 0.5) is 5.69 Å². The average Bonchev–Trinajstić information content (AvgIpc) is 3.18. The Kier molecular flexibility index (Phi) is 4.05. The van der Waals surface area contributed by atoms with Crippen molar-refractivity contribution in [2.24, 2.45) is 5.73 Å². The number of carboxylic acids is 1. The SMILES string of the molecule is CC(C)(N)CCC(=O)Nc1ccc(C2(C(=O)O)CC2)cc1. The minimum absolute atomic E-state index is 0.0827. The van der Waals surface area contributed by atoms with Crippen LogP contribution >= 0.6 is 0 Å². The molecule has 0 saturated heterocycles. The number of carboxylic acid groups (broad SMARTS) is 1. The van der Waals surface area contributed by atoms with Gasteiger partial charge in [0.1, 0.15) is 0 Å². The Morgan fingerprint density at radius 2 is 1.86 bits per heavy atom. The fourth-order valence-electron chi connectivity index (χ4n) is 2.28. The van der Waals surface area contributed by atoms with E-state index >= 15 is 0 Å². The zero-order valence-electron chi connectivity index (χ0n) is 12.5. The molecule has 1 aliphatic rings. The summed E-state index contributed by atoms with van der Waals surface area (Å²) in [5, 5.41) is 12.0. The molecular formula is C16H22N2O3. The number of carbonyl (C=O) groups is 2. The van der Waals surface area contributed by atoms with E-state index in [2.05, 4.69) is 5.32 Å². The van der Waals surface area contributed by atoms with E-state index in [1.54, 1.807) is 24.3 Å². The van der Waals surface area contributed by atoms with E-state index in [1.807, 2.05) is 13.8 Å². The Morgan fingerprint density at radius 3 is 2.29 bits per heavy atom. The van der Waals surface area contributed by atoms with Crippen molar-refractivity contribution in [2.45, 2.75) is 50.5 Å². The van der Waals surface area contributed by atoms with Gasteiger partial charge in [-0.3, -0.25) is 9.59 Å². The summed E-state index contributed by atoms with van der Waals surface area (Å²) in [6.07, 6.45) is 2.34. The summed E-state index contributed by atoms with van der Waals surface area (Å²) in [7, 11) is 0. The maximum absolute atomic E-state index is 11.8. The molecule has 1 aromatic carbocycles. The van der Waals surface area contributed by atoms with Crippen molar-refractivity contribution in [3.8, 4) is 0 Å². The van der Waals surface area contributed by atoms with Gasteiger partial charge >= 0.3 is 5.97 Å². The van der Waals surface area contributed by atoms with Gasteiger partial charge in [-0.1, -0.05) is 12.1 Å². The van der Waals surface area contributed by atoms with E-state index in [-0.39, 0.29) is 11.4 Å². The van der Waals surface area contributed by atoms with Crippen LogP contribution in [0.3, 0.4) is 0 Å². The zero-order valence-corrected chi connectivity index (χ0v) is 12.5. The highest BCUT2D eigenvalue weighted by Crippen LogP contribution is 2.48. The molecule has 21 heavy (non-hydrogen) atoms. The molecule has 0 radical (unpaired) electrons. The number of carbonyl (C=O) groups excluding carboxylic acids is 1. The predicted molar refractivity (Wildman–Crippen MR) is 81.1 cm³/mol. The molecular weight excluding hydrogens is 268 g/mol. The predicted octanol–water partition coefficient (Wildman–Crippen LogP) is 2.26. The Hall–Kier alpha value is -1.88. The summed E-state index contributed by atoms with van der Waals surface area (Å²) in [4.78, 5) is 23.0. The number of nitrogens with two attached hydrogens (primary N) is 1. The second-order valence-electron chi connectivity index (χ2n) is 6.50. The average molecular weight is 290 g/mol. The van der Waals surface area contributed by atoms with Crippen LogP contribution in [0.2, 0.25) is 0 Å². The summed E-state index contributed by atoms with van der Waals surface area (Å²) in [5.41, 5.74) is 6.26. The Morgan fingerprint density at radius 1 is 1.29 bits per heavy atom.